The van der Waals surface area contributed by atoms with E-state index in [1.165, 1.54) is 24.4 Å². The van der Waals surface area contributed by atoms with E-state index in [4.69, 9.17) is 4.84 Å². The molecule has 1 N–H and O–H groups in total. The molecule has 2 rings (SSSR count). The minimum atomic E-state index is -4.61. The lowest BCUT2D eigenvalue weighted by atomic mass is 10.0. The Morgan fingerprint density at radius 3 is 2.40 bits per heavy atom. The molecule has 0 saturated heterocycles. The molecule has 0 fully saturated rings. The molecule has 0 bridgehead atoms. The molecule has 1 heterocycles. The molecule has 134 valence electrons. The third kappa shape index (κ3) is 4.62. The van der Waals surface area contributed by atoms with E-state index in [1.54, 1.807) is 20.8 Å². The van der Waals surface area contributed by atoms with Crippen molar-refractivity contribution in [1.29, 1.82) is 0 Å². The summed E-state index contributed by atoms with van der Waals surface area (Å²) in [6.45, 7) is 5.07. The molecule has 1 aromatic heterocycles. The number of aromatic nitrogens is 1. The summed E-state index contributed by atoms with van der Waals surface area (Å²) in [6.07, 6.45) is -3.44. The molecule has 8 heteroatoms. The molecule has 2 aromatic rings. The predicted molar refractivity (Wildman–Crippen MR) is 85.0 cm³/mol. The number of hydrogen-bond donors (Lipinski definition) is 1. The van der Waals surface area contributed by atoms with Gasteiger partial charge in [0.1, 0.15) is 11.4 Å². The number of phenols is 1. The molecule has 0 aliphatic carbocycles. The van der Waals surface area contributed by atoms with Crippen molar-refractivity contribution < 1.29 is 27.8 Å². The van der Waals surface area contributed by atoms with Crippen LogP contribution in [0.5, 0.6) is 5.75 Å². The zero-order valence-corrected chi connectivity index (χ0v) is 13.8. The fourth-order valence-electron chi connectivity index (χ4n) is 1.93. The average molecular weight is 354 g/mol. The van der Waals surface area contributed by atoms with Crippen LogP contribution >= 0.6 is 0 Å². The highest BCUT2D eigenvalue weighted by Crippen LogP contribution is 2.33. The summed E-state index contributed by atoms with van der Waals surface area (Å²) in [4.78, 5) is 5.28. The van der Waals surface area contributed by atoms with Crippen LogP contribution in [0, 0.1) is 5.21 Å². The zero-order valence-electron chi connectivity index (χ0n) is 13.8. The Kier molecular flexibility index (Phi) is 4.92. The zero-order chi connectivity index (χ0) is 18.8. The highest BCUT2D eigenvalue weighted by molar-refractivity contribution is 6.12. The van der Waals surface area contributed by atoms with Crippen molar-refractivity contribution in [1.82, 2.24) is 0 Å². The van der Waals surface area contributed by atoms with Crippen LogP contribution in [-0.4, -0.2) is 16.4 Å². The molecule has 0 spiro atoms. The first-order valence-corrected chi connectivity index (χ1v) is 7.34. The minimum Gasteiger partial charge on any atom is -0.618 e. The summed E-state index contributed by atoms with van der Waals surface area (Å²) < 4.78 is 39.4. The largest absolute Gasteiger partial charge is 0.618 e. The van der Waals surface area contributed by atoms with E-state index >= 15 is 0 Å². The van der Waals surface area contributed by atoms with Crippen LogP contribution in [0.25, 0.3) is 0 Å². The lowest BCUT2D eigenvalue weighted by molar-refractivity contribution is -0.606. The molecule has 0 unspecified atom stereocenters. The maximum atomic E-state index is 13.0. The number of halogens is 3. The second-order valence-electron chi connectivity index (χ2n) is 6.28. The fourth-order valence-corrected chi connectivity index (χ4v) is 1.93. The first kappa shape index (κ1) is 18.6. The van der Waals surface area contributed by atoms with Gasteiger partial charge in [-0.15, -0.1) is 0 Å². The first-order valence-electron chi connectivity index (χ1n) is 7.34. The van der Waals surface area contributed by atoms with E-state index in [0.717, 1.165) is 18.2 Å². The summed E-state index contributed by atoms with van der Waals surface area (Å²) in [5.41, 5.74) is -2.23. The van der Waals surface area contributed by atoms with Gasteiger partial charge in [0.25, 0.3) is 0 Å². The van der Waals surface area contributed by atoms with Crippen molar-refractivity contribution in [2.75, 3.05) is 0 Å². The van der Waals surface area contributed by atoms with E-state index in [9.17, 15) is 23.5 Å². The van der Waals surface area contributed by atoms with Crippen molar-refractivity contribution in [3.8, 4) is 5.75 Å². The quantitative estimate of drug-likeness (QED) is 0.396. The van der Waals surface area contributed by atoms with Crippen LogP contribution in [-0.2, 0) is 11.0 Å². The van der Waals surface area contributed by atoms with Crippen LogP contribution < -0.4 is 4.73 Å². The fraction of sp³-hybridized carbons (Fsp3) is 0.294. The second kappa shape index (κ2) is 6.62. The topological polar surface area (TPSA) is 68.8 Å². The van der Waals surface area contributed by atoms with Gasteiger partial charge in [-0.1, -0.05) is 5.16 Å². The summed E-state index contributed by atoms with van der Waals surface area (Å²) in [6, 6.07) is 6.75. The van der Waals surface area contributed by atoms with Crippen molar-refractivity contribution in [3.05, 3.63) is 64.6 Å². The van der Waals surface area contributed by atoms with Gasteiger partial charge in [0.2, 0.25) is 5.69 Å². The molecule has 0 aliphatic rings. The summed E-state index contributed by atoms with van der Waals surface area (Å²) in [5.74, 6) is -0.451. The number of oxime groups is 1. The Bertz CT molecular complexity index is 796. The van der Waals surface area contributed by atoms with Gasteiger partial charge in [-0.25, -0.2) is 0 Å². The van der Waals surface area contributed by atoms with E-state index in [0.29, 0.717) is 4.73 Å². The summed E-state index contributed by atoms with van der Waals surface area (Å²) >= 11 is 0. The van der Waals surface area contributed by atoms with Crippen LogP contribution in [0.1, 0.15) is 37.6 Å². The van der Waals surface area contributed by atoms with Crippen LogP contribution in [0.2, 0.25) is 0 Å². The van der Waals surface area contributed by atoms with Gasteiger partial charge < -0.3 is 15.2 Å². The number of alkyl halides is 3. The minimum absolute atomic E-state index is 0.0543. The van der Waals surface area contributed by atoms with Crippen LogP contribution in [0.15, 0.2) is 47.8 Å². The molecule has 1 aromatic carbocycles. The van der Waals surface area contributed by atoms with Gasteiger partial charge in [-0.2, -0.15) is 17.9 Å². The van der Waals surface area contributed by atoms with Gasteiger partial charge >= 0.3 is 6.18 Å². The molecular weight excluding hydrogens is 337 g/mol. The van der Waals surface area contributed by atoms with Crippen molar-refractivity contribution >= 4 is 5.71 Å². The standard InChI is InChI=1S/C17H17F3N2O3/c1-16(2,3)25-21-15(13-6-4-5-9-22(13)24)12-10-11(17(18,19)20)7-8-14(12)23/h4-10,23H,1-3H3. The highest BCUT2D eigenvalue weighted by atomic mass is 19.4. The third-order valence-electron chi connectivity index (χ3n) is 3.06. The van der Waals surface area contributed by atoms with Crippen molar-refractivity contribution in [2.45, 2.75) is 32.5 Å². The Balaban J connectivity index is 2.67. The number of hydrogen-bond acceptors (Lipinski definition) is 4. The first-order chi connectivity index (χ1) is 11.5. The number of rotatable bonds is 3. The molecule has 0 atom stereocenters. The smallest absolute Gasteiger partial charge is 0.416 e. The monoisotopic (exact) mass is 354 g/mol. The van der Waals surface area contributed by atoms with E-state index in [1.807, 2.05) is 0 Å². The summed E-state index contributed by atoms with van der Waals surface area (Å²) in [7, 11) is 0. The van der Waals surface area contributed by atoms with Crippen LogP contribution in [0.3, 0.4) is 0 Å². The molecular formula is C17H17F3N2O3. The van der Waals surface area contributed by atoms with Crippen molar-refractivity contribution in [3.63, 3.8) is 0 Å². The van der Waals surface area contributed by atoms with Crippen molar-refractivity contribution in [2.24, 2.45) is 5.16 Å². The lowest BCUT2D eigenvalue weighted by Gasteiger charge is -2.17. The molecule has 5 nitrogen and oxygen atoms in total. The maximum Gasteiger partial charge on any atom is 0.416 e. The number of phenolic OH excluding ortho intramolecular Hbond substituents is 1. The van der Waals surface area contributed by atoms with Gasteiger partial charge in [-0.05, 0) is 45.0 Å². The highest BCUT2D eigenvalue weighted by Gasteiger charge is 2.32. The normalized spacial score (nSPS) is 13.0. The number of nitrogens with zero attached hydrogens (tertiary/aromatic N) is 2. The molecule has 0 saturated carbocycles. The van der Waals surface area contributed by atoms with Gasteiger partial charge in [0, 0.05) is 12.1 Å². The number of aromatic hydroxyl groups is 1. The van der Waals surface area contributed by atoms with E-state index < -0.39 is 23.1 Å². The Morgan fingerprint density at radius 1 is 1.16 bits per heavy atom. The van der Waals surface area contributed by atoms with Gasteiger partial charge in [-0.3, -0.25) is 0 Å². The second-order valence-corrected chi connectivity index (χ2v) is 6.28. The molecule has 25 heavy (non-hydrogen) atoms. The van der Waals surface area contributed by atoms with E-state index in [-0.39, 0.29) is 17.0 Å². The average Bonchev–Trinajstić information content (AvgIpc) is 2.48. The van der Waals surface area contributed by atoms with Gasteiger partial charge in [0.05, 0.1) is 11.1 Å². The SMILES string of the molecule is CC(C)(C)ON=C(c1cc(C(F)(F)F)ccc1O)c1cccc[n+]1[O-]. The third-order valence-corrected chi connectivity index (χ3v) is 3.06. The summed E-state index contributed by atoms with van der Waals surface area (Å²) in [5, 5.41) is 25.9. The van der Waals surface area contributed by atoms with E-state index in [2.05, 4.69) is 5.16 Å². The number of benzene rings is 1. The predicted octanol–water partition coefficient (Wildman–Crippen LogP) is 3.61. The maximum absolute atomic E-state index is 13.0. The Labute approximate surface area is 142 Å². The lowest BCUT2D eigenvalue weighted by Crippen LogP contribution is -2.35. The van der Waals surface area contributed by atoms with Gasteiger partial charge in [0.15, 0.2) is 11.9 Å². The Morgan fingerprint density at radius 2 is 1.84 bits per heavy atom. The number of pyridine rings is 1. The molecule has 0 amide bonds. The molecule has 0 radical (unpaired) electrons. The Hall–Kier alpha value is -2.77. The van der Waals surface area contributed by atoms with Crippen LogP contribution in [0.4, 0.5) is 13.2 Å². The molecule has 0 aliphatic heterocycles.